The summed E-state index contributed by atoms with van der Waals surface area (Å²) >= 11 is 0. The van der Waals surface area contributed by atoms with Gasteiger partial charge in [-0.15, -0.1) is 0 Å². The molecule has 4 heteroatoms. The first kappa shape index (κ1) is 27.8. The fourth-order valence-electron chi connectivity index (χ4n) is 5.41. The van der Waals surface area contributed by atoms with Crippen LogP contribution in [0.5, 0.6) is 0 Å². The van der Waals surface area contributed by atoms with E-state index in [0.29, 0.717) is 5.92 Å². The fourth-order valence-corrected chi connectivity index (χ4v) is 5.41. The third-order valence-corrected chi connectivity index (χ3v) is 7.68. The van der Waals surface area contributed by atoms with Crippen LogP contribution in [0.3, 0.4) is 0 Å². The predicted molar refractivity (Wildman–Crippen MR) is 138 cm³/mol. The maximum Gasteiger partial charge on any atom is 0.383 e. The summed E-state index contributed by atoms with van der Waals surface area (Å²) in [5.41, 5.74) is 2.01. The average molecular weight is 489 g/mol. The Labute approximate surface area is 210 Å². The van der Waals surface area contributed by atoms with Gasteiger partial charge in [-0.2, -0.15) is 8.78 Å². The minimum Gasteiger partial charge on any atom is -0.309 e. The second-order valence-electron chi connectivity index (χ2n) is 10.4. The van der Waals surface area contributed by atoms with E-state index in [4.69, 9.17) is 4.74 Å². The highest BCUT2D eigenvalue weighted by Gasteiger charge is 2.36. The second kappa shape index (κ2) is 13.5. The number of benzene rings is 2. The Morgan fingerprint density at radius 2 is 1.54 bits per heavy atom. The van der Waals surface area contributed by atoms with Crippen molar-refractivity contribution in [2.45, 2.75) is 116 Å². The smallest absolute Gasteiger partial charge is 0.309 e. The first-order valence-electron chi connectivity index (χ1n) is 13.8. The lowest BCUT2D eigenvalue weighted by atomic mass is 9.77. The molecule has 1 aliphatic carbocycles. The van der Waals surface area contributed by atoms with Crippen molar-refractivity contribution in [3.8, 4) is 0 Å². The number of unbranched alkanes of at least 4 members (excludes halogenated alkanes) is 4. The zero-order valence-electron chi connectivity index (χ0n) is 21.8. The summed E-state index contributed by atoms with van der Waals surface area (Å²) in [6.07, 6.45) is 9.38. The third kappa shape index (κ3) is 8.10. The van der Waals surface area contributed by atoms with Crippen molar-refractivity contribution in [2.75, 3.05) is 0 Å². The molecule has 35 heavy (non-hydrogen) atoms. The Balaban J connectivity index is 1.56. The molecule has 3 rings (SSSR count). The van der Waals surface area contributed by atoms with E-state index in [0.717, 1.165) is 55.6 Å². The van der Waals surface area contributed by atoms with Crippen molar-refractivity contribution in [1.82, 2.24) is 0 Å². The van der Waals surface area contributed by atoms with E-state index in [1.165, 1.54) is 63.6 Å². The molecule has 0 saturated heterocycles. The van der Waals surface area contributed by atoms with Gasteiger partial charge in [0, 0.05) is 5.56 Å². The van der Waals surface area contributed by atoms with Crippen molar-refractivity contribution in [1.29, 1.82) is 0 Å². The number of hydrogen-bond donors (Lipinski definition) is 0. The fraction of sp³-hybridized carbons (Fsp3) is 0.613. The van der Waals surface area contributed by atoms with Crippen molar-refractivity contribution >= 4 is 0 Å². The quantitative estimate of drug-likeness (QED) is 0.255. The van der Waals surface area contributed by atoms with Crippen LogP contribution >= 0.6 is 0 Å². The van der Waals surface area contributed by atoms with E-state index in [1.807, 2.05) is 18.2 Å². The largest absolute Gasteiger partial charge is 0.383 e. The molecule has 194 valence electrons. The minimum atomic E-state index is -3.48. The van der Waals surface area contributed by atoms with Crippen molar-refractivity contribution in [3.05, 3.63) is 70.5 Å². The van der Waals surface area contributed by atoms with Gasteiger partial charge in [-0.3, -0.25) is 0 Å². The molecule has 0 heterocycles. The molecule has 2 aromatic carbocycles. The number of ether oxygens (including phenoxy) is 1. The lowest BCUT2D eigenvalue weighted by molar-refractivity contribution is -0.272. The molecule has 0 N–H and O–H groups in total. The van der Waals surface area contributed by atoms with Crippen LogP contribution < -0.4 is 0 Å². The number of aryl methyl sites for hydroxylation is 1. The molecule has 1 saturated carbocycles. The predicted octanol–water partition coefficient (Wildman–Crippen LogP) is 10.2. The van der Waals surface area contributed by atoms with Crippen molar-refractivity contribution < 1.29 is 17.9 Å². The molecule has 0 bridgehead atoms. The molecule has 1 unspecified atom stereocenters. The second-order valence-corrected chi connectivity index (χ2v) is 10.4. The molecule has 1 atom stereocenters. The van der Waals surface area contributed by atoms with Crippen molar-refractivity contribution in [3.63, 3.8) is 0 Å². The van der Waals surface area contributed by atoms with Gasteiger partial charge < -0.3 is 4.74 Å². The molecule has 2 aromatic rings. The van der Waals surface area contributed by atoms with Crippen LogP contribution in [0.15, 0.2) is 42.5 Å². The lowest BCUT2D eigenvalue weighted by Gasteiger charge is -2.29. The highest BCUT2D eigenvalue weighted by Crippen LogP contribution is 2.40. The molecular weight excluding hydrogens is 445 g/mol. The molecule has 0 radical (unpaired) electrons. The summed E-state index contributed by atoms with van der Waals surface area (Å²) in [7, 11) is 0. The average Bonchev–Trinajstić information content (AvgIpc) is 2.85. The number of rotatable bonds is 13. The maximum atomic E-state index is 14.9. The van der Waals surface area contributed by atoms with Crippen LogP contribution in [-0.2, 0) is 17.3 Å². The van der Waals surface area contributed by atoms with E-state index in [-0.39, 0.29) is 11.1 Å². The summed E-state index contributed by atoms with van der Waals surface area (Å²) in [5.74, 6) is 0.787. The zero-order valence-corrected chi connectivity index (χ0v) is 21.8. The van der Waals surface area contributed by atoms with Crippen LogP contribution in [0.4, 0.5) is 13.2 Å². The van der Waals surface area contributed by atoms with Gasteiger partial charge in [-0.1, -0.05) is 88.8 Å². The van der Waals surface area contributed by atoms with Gasteiger partial charge in [0.15, 0.2) is 0 Å². The highest BCUT2D eigenvalue weighted by atomic mass is 19.3. The highest BCUT2D eigenvalue weighted by molar-refractivity contribution is 5.29. The van der Waals surface area contributed by atoms with Gasteiger partial charge in [-0.25, -0.2) is 4.39 Å². The van der Waals surface area contributed by atoms with Crippen LogP contribution in [0.25, 0.3) is 0 Å². The Morgan fingerprint density at radius 1 is 0.886 bits per heavy atom. The van der Waals surface area contributed by atoms with Crippen LogP contribution in [0, 0.1) is 11.7 Å². The molecule has 0 aromatic heterocycles. The Bertz CT molecular complexity index is 885. The van der Waals surface area contributed by atoms with Gasteiger partial charge >= 0.3 is 6.11 Å². The number of alkyl halides is 2. The first-order chi connectivity index (χ1) is 16.8. The summed E-state index contributed by atoms with van der Waals surface area (Å²) in [5, 5.41) is 0. The van der Waals surface area contributed by atoms with E-state index >= 15 is 0 Å². The number of halogens is 3. The standard InChI is InChI=1S/C31H43F3O/c1-4-6-8-10-24-12-15-26(16-13-24)27-17-19-28(20-18-27)31(33,34)35-23(3)29-21-14-25(22-30(29)32)11-9-7-5-2/h14,17-24,26H,4-13,15-16H2,1-3H3. The van der Waals surface area contributed by atoms with Gasteiger partial charge in [0.05, 0.1) is 11.7 Å². The summed E-state index contributed by atoms with van der Waals surface area (Å²) in [4.78, 5) is 0. The third-order valence-electron chi connectivity index (χ3n) is 7.68. The van der Waals surface area contributed by atoms with E-state index < -0.39 is 18.0 Å². The molecule has 0 amide bonds. The van der Waals surface area contributed by atoms with Gasteiger partial charge in [-0.05, 0) is 74.5 Å². The molecule has 0 spiro atoms. The van der Waals surface area contributed by atoms with E-state index in [1.54, 1.807) is 6.07 Å². The molecule has 0 aliphatic heterocycles. The van der Waals surface area contributed by atoms with E-state index in [9.17, 15) is 13.2 Å². The molecular formula is C31H43F3O. The maximum absolute atomic E-state index is 14.9. The molecule has 1 fully saturated rings. The van der Waals surface area contributed by atoms with Crippen LogP contribution in [0.1, 0.15) is 126 Å². The molecule has 1 nitrogen and oxygen atoms in total. The SMILES string of the molecule is CCCCCc1ccc(C(C)OC(F)(F)c2ccc(C3CCC(CCCCC)CC3)cc2)c(F)c1. The summed E-state index contributed by atoms with van der Waals surface area (Å²) in [6, 6.07) is 11.5. The van der Waals surface area contributed by atoms with Crippen LogP contribution in [-0.4, -0.2) is 0 Å². The number of hydrogen-bond acceptors (Lipinski definition) is 1. The van der Waals surface area contributed by atoms with Gasteiger partial charge in [0.1, 0.15) is 5.82 Å². The monoisotopic (exact) mass is 488 g/mol. The Kier molecular flexibility index (Phi) is 10.7. The van der Waals surface area contributed by atoms with Crippen LogP contribution in [0.2, 0.25) is 0 Å². The Morgan fingerprint density at radius 3 is 2.17 bits per heavy atom. The zero-order chi connectivity index (χ0) is 25.3. The lowest BCUT2D eigenvalue weighted by Crippen LogP contribution is -2.21. The summed E-state index contributed by atoms with van der Waals surface area (Å²) in [6.45, 7) is 5.84. The van der Waals surface area contributed by atoms with Gasteiger partial charge in [0.25, 0.3) is 0 Å². The normalized spacial score (nSPS) is 19.6. The van der Waals surface area contributed by atoms with Crippen molar-refractivity contribution in [2.24, 2.45) is 5.92 Å². The topological polar surface area (TPSA) is 9.23 Å². The molecule has 1 aliphatic rings. The van der Waals surface area contributed by atoms with Gasteiger partial charge in [0.2, 0.25) is 0 Å². The summed E-state index contributed by atoms with van der Waals surface area (Å²) < 4.78 is 49.6. The minimum absolute atomic E-state index is 0.163. The Hall–Kier alpha value is -1.81. The van der Waals surface area contributed by atoms with E-state index in [2.05, 4.69) is 13.8 Å². The first-order valence-corrected chi connectivity index (χ1v) is 13.8.